The lowest BCUT2D eigenvalue weighted by molar-refractivity contribution is -0.175. The van der Waals surface area contributed by atoms with Crippen LogP contribution in [0.1, 0.15) is 117 Å². The standard InChI is InChI=1S/C23H44O4/c1-4-5-6-7-8-9-10-11-12-13-14-15-16-17-18-19-21(24)27-22(25)20-23(2,3)26/h11-12,22,25-26H,4-10,13-20H2,1-3H3/b12-11-. The van der Waals surface area contributed by atoms with Crippen LogP contribution >= 0.6 is 0 Å². The molecule has 4 nitrogen and oxygen atoms in total. The van der Waals surface area contributed by atoms with Crippen molar-refractivity contribution in [1.82, 2.24) is 0 Å². The molecule has 1 atom stereocenters. The van der Waals surface area contributed by atoms with Crippen molar-refractivity contribution in [3.05, 3.63) is 12.2 Å². The second-order valence-corrected chi connectivity index (χ2v) is 8.30. The number of carbonyl (C=O) groups excluding carboxylic acids is 1. The summed E-state index contributed by atoms with van der Waals surface area (Å²) in [5.74, 6) is -0.385. The minimum atomic E-state index is -1.22. The number of hydrogen-bond acceptors (Lipinski definition) is 4. The van der Waals surface area contributed by atoms with Gasteiger partial charge in [-0.05, 0) is 46.0 Å². The van der Waals surface area contributed by atoms with Gasteiger partial charge in [-0.2, -0.15) is 0 Å². The fourth-order valence-electron chi connectivity index (χ4n) is 3.02. The van der Waals surface area contributed by atoms with E-state index in [4.69, 9.17) is 4.74 Å². The molecule has 4 heteroatoms. The number of aliphatic hydroxyl groups excluding tert-OH is 1. The Kier molecular flexibility index (Phi) is 16.7. The van der Waals surface area contributed by atoms with E-state index in [-0.39, 0.29) is 12.4 Å². The average molecular weight is 385 g/mol. The second kappa shape index (κ2) is 17.2. The zero-order chi connectivity index (χ0) is 20.4. The number of rotatable bonds is 18. The molecule has 0 saturated carbocycles. The molecule has 0 rings (SSSR count). The Bertz CT molecular complexity index is 371. The van der Waals surface area contributed by atoms with Gasteiger partial charge in [-0.1, -0.05) is 70.4 Å². The fourth-order valence-corrected chi connectivity index (χ4v) is 3.02. The molecule has 0 fully saturated rings. The van der Waals surface area contributed by atoms with Crippen molar-refractivity contribution < 1.29 is 19.7 Å². The van der Waals surface area contributed by atoms with Gasteiger partial charge < -0.3 is 14.9 Å². The van der Waals surface area contributed by atoms with E-state index in [1.54, 1.807) is 13.8 Å². The van der Waals surface area contributed by atoms with Gasteiger partial charge in [0.2, 0.25) is 6.29 Å². The summed E-state index contributed by atoms with van der Waals surface area (Å²) in [5.41, 5.74) is -1.04. The Hall–Kier alpha value is -0.870. The van der Waals surface area contributed by atoms with E-state index >= 15 is 0 Å². The van der Waals surface area contributed by atoms with E-state index in [2.05, 4.69) is 19.1 Å². The van der Waals surface area contributed by atoms with E-state index in [0.29, 0.717) is 6.42 Å². The molecule has 0 heterocycles. The Morgan fingerprint density at radius 2 is 1.37 bits per heavy atom. The van der Waals surface area contributed by atoms with Gasteiger partial charge in [-0.3, -0.25) is 4.79 Å². The molecule has 0 saturated heterocycles. The van der Waals surface area contributed by atoms with Crippen molar-refractivity contribution in [2.45, 2.75) is 129 Å². The molecule has 0 aromatic rings. The van der Waals surface area contributed by atoms with Gasteiger partial charge in [0.05, 0.1) is 5.60 Å². The van der Waals surface area contributed by atoms with Gasteiger partial charge in [0.15, 0.2) is 0 Å². The van der Waals surface area contributed by atoms with E-state index in [9.17, 15) is 15.0 Å². The van der Waals surface area contributed by atoms with Crippen molar-refractivity contribution in [1.29, 1.82) is 0 Å². The Morgan fingerprint density at radius 3 is 1.89 bits per heavy atom. The first-order chi connectivity index (χ1) is 12.8. The van der Waals surface area contributed by atoms with Gasteiger partial charge in [0, 0.05) is 12.8 Å². The van der Waals surface area contributed by atoms with Gasteiger partial charge in [0.1, 0.15) is 0 Å². The first-order valence-corrected chi connectivity index (χ1v) is 11.1. The van der Waals surface area contributed by atoms with E-state index in [1.165, 1.54) is 57.8 Å². The number of ether oxygens (including phenoxy) is 1. The molecule has 27 heavy (non-hydrogen) atoms. The van der Waals surface area contributed by atoms with Crippen LogP contribution in [-0.2, 0) is 9.53 Å². The topological polar surface area (TPSA) is 66.8 Å². The zero-order valence-electron chi connectivity index (χ0n) is 18.0. The van der Waals surface area contributed by atoms with Crippen molar-refractivity contribution in [2.24, 2.45) is 0 Å². The van der Waals surface area contributed by atoms with Gasteiger partial charge in [0.25, 0.3) is 0 Å². The number of hydrogen-bond donors (Lipinski definition) is 2. The minimum Gasteiger partial charge on any atom is -0.436 e. The zero-order valence-corrected chi connectivity index (χ0v) is 18.0. The highest BCUT2D eigenvalue weighted by Crippen LogP contribution is 2.13. The van der Waals surface area contributed by atoms with Crippen molar-refractivity contribution in [3.8, 4) is 0 Å². The Balaban J connectivity index is 3.37. The maximum absolute atomic E-state index is 11.6. The van der Waals surface area contributed by atoms with Crippen LogP contribution in [0.2, 0.25) is 0 Å². The molecule has 0 aliphatic carbocycles. The lowest BCUT2D eigenvalue weighted by Crippen LogP contribution is -2.29. The van der Waals surface area contributed by atoms with Crippen LogP contribution in [-0.4, -0.2) is 28.1 Å². The third-order valence-electron chi connectivity index (χ3n) is 4.58. The average Bonchev–Trinajstić information content (AvgIpc) is 2.56. The first-order valence-electron chi connectivity index (χ1n) is 11.1. The summed E-state index contributed by atoms with van der Waals surface area (Å²) in [6, 6.07) is 0. The molecule has 0 aliphatic heterocycles. The van der Waals surface area contributed by atoms with Crippen molar-refractivity contribution in [2.75, 3.05) is 0 Å². The SMILES string of the molecule is CCCCCCCC/C=C\CCCCCCCC(=O)OC(O)CC(C)(C)O. The highest BCUT2D eigenvalue weighted by molar-refractivity contribution is 5.69. The van der Waals surface area contributed by atoms with Gasteiger partial charge >= 0.3 is 5.97 Å². The number of aliphatic hydroxyl groups is 2. The van der Waals surface area contributed by atoms with Crippen molar-refractivity contribution in [3.63, 3.8) is 0 Å². The maximum Gasteiger partial charge on any atom is 0.308 e. The number of unbranched alkanes of at least 4 members (excludes halogenated alkanes) is 11. The van der Waals surface area contributed by atoms with Crippen LogP contribution in [0.15, 0.2) is 12.2 Å². The van der Waals surface area contributed by atoms with E-state index in [1.807, 2.05) is 0 Å². The summed E-state index contributed by atoms with van der Waals surface area (Å²) in [7, 11) is 0. The Morgan fingerprint density at radius 1 is 0.889 bits per heavy atom. The predicted molar refractivity (Wildman–Crippen MR) is 112 cm³/mol. The van der Waals surface area contributed by atoms with Crippen LogP contribution in [0.3, 0.4) is 0 Å². The maximum atomic E-state index is 11.6. The summed E-state index contributed by atoms with van der Waals surface area (Å²) >= 11 is 0. The molecule has 0 aromatic heterocycles. The lowest BCUT2D eigenvalue weighted by Gasteiger charge is -2.21. The quantitative estimate of drug-likeness (QED) is 0.131. The molecule has 0 spiro atoms. The molecule has 1 unspecified atom stereocenters. The van der Waals surface area contributed by atoms with Crippen LogP contribution < -0.4 is 0 Å². The lowest BCUT2D eigenvalue weighted by atomic mass is 10.1. The third kappa shape index (κ3) is 21.3. The van der Waals surface area contributed by atoms with Crippen LogP contribution in [0.4, 0.5) is 0 Å². The Labute approximate surface area is 167 Å². The number of allylic oxidation sites excluding steroid dienone is 2. The van der Waals surface area contributed by atoms with E-state index < -0.39 is 11.9 Å². The summed E-state index contributed by atoms with van der Waals surface area (Å²) in [4.78, 5) is 11.6. The van der Waals surface area contributed by atoms with Crippen LogP contribution in [0, 0.1) is 0 Å². The molecule has 160 valence electrons. The van der Waals surface area contributed by atoms with E-state index in [0.717, 1.165) is 25.7 Å². The summed E-state index contributed by atoms with van der Waals surface area (Å²) in [6.07, 6.45) is 19.6. The largest absolute Gasteiger partial charge is 0.436 e. The monoisotopic (exact) mass is 384 g/mol. The highest BCUT2D eigenvalue weighted by atomic mass is 16.6. The molecular formula is C23H44O4. The predicted octanol–water partition coefficient (Wildman–Crippen LogP) is 6.05. The summed E-state index contributed by atoms with van der Waals surface area (Å²) < 4.78 is 4.89. The normalized spacial score (nSPS) is 13.2. The molecule has 2 N–H and O–H groups in total. The van der Waals surface area contributed by atoms with Crippen LogP contribution in [0.5, 0.6) is 0 Å². The van der Waals surface area contributed by atoms with Crippen LogP contribution in [0.25, 0.3) is 0 Å². The van der Waals surface area contributed by atoms with Crippen molar-refractivity contribution >= 4 is 5.97 Å². The number of carbonyl (C=O) groups is 1. The third-order valence-corrected chi connectivity index (χ3v) is 4.58. The summed E-state index contributed by atoms with van der Waals surface area (Å²) in [5, 5.41) is 19.1. The smallest absolute Gasteiger partial charge is 0.308 e. The molecule has 0 bridgehead atoms. The summed E-state index contributed by atoms with van der Waals surface area (Å²) in [6.45, 7) is 5.41. The van der Waals surface area contributed by atoms with Gasteiger partial charge in [-0.25, -0.2) is 0 Å². The highest BCUT2D eigenvalue weighted by Gasteiger charge is 2.21. The van der Waals surface area contributed by atoms with Gasteiger partial charge in [-0.15, -0.1) is 0 Å². The number of esters is 1. The fraction of sp³-hybridized carbons (Fsp3) is 0.870. The first kappa shape index (κ1) is 26.1. The molecular weight excluding hydrogens is 340 g/mol. The molecule has 0 aliphatic rings. The molecule has 0 aromatic carbocycles. The second-order valence-electron chi connectivity index (χ2n) is 8.30. The molecule has 0 amide bonds. The molecule has 0 radical (unpaired) electrons. The minimum absolute atomic E-state index is 0.0329.